The second-order valence-electron chi connectivity index (χ2n) is 5.10. The standard InChI is InChI=1S/C17H16Cl2FNO2/c1-11(12-3-6-14(20)7-4-12)21(2)17(22)10-23-16-8-5-13(18)9-15(16)19/h3-9,11H,10H2,1-2H3. The number of hydrogen-bond donors (Lipinski definition) is 0. The highest BCUT2D eigenvalue weighted by atomic mass is 35.5. The summed E-state index contributed by atoms with van der Waals surface area (Å²) in [4.78, 5) is 13.8. The lowest BCUT2D eigenvalue weighted by molar-refractivity contribution is -0.134. The molecule has 0 radical (unpaired) electrons. The van der Waals surface area contributed by atoms with Crippen LogP contribution >= 0.6 is 23.2 Å². The molecule has 1 amide bonds. The fourth-order valence-electron chi connectivity index (χ4n) is 2.01. The maximum absolute atomic E-state index is 13.0. The van der Waals surface area contributed by atoms with Gasteiger partial charge in [0.2, 0.25) is 0 Å². The maximum Gasteiger partial charge on any atom is 0.260 e. The average molecular weight is 356 g/mol. The van der Waals surface area contributed by atoms with Crippen LogP contribution in [0.25, 0.3) is 0 Å². The molecule has 23 heavy (non-hydrogen) atoms. The zero-order chi connectivity index (χ0) is 17.0. The molecule has 0 aliphatic carbocycles. The Hall–Kier alpha value is -1.78. The van der Waals surface area contributed by atoms with E-state index in [0.717, 1.165) is 5.56 Å². The first-order valence-corrected chi connectivity index (χ1v) is 7.73. The lowest BCUT2D eigenvalue weighted by Gasteiger charge is -2.25. The van der Waals surface area contributed by atoms with Crippen LogP contribution in [0.3, 0.4) is 0 Å². The van der Waals surface area contributed by atoms with E-state index in [2.05, 4.69) is 0 Å². The van der Waals surface area contributed by atoms with Crippen molar-refractivity contribution in [2.75, 3.05) is 13.7 Å². The molecule has 0 saturated carbocycles. The third-order valence-corrected chi connectivity index (χ3v) is 4.10. The first kappa shape index (κ1) is 17.6. The predicted molar refractivity (Wildman–Crippen MR) is 89.5 cm³/mol. The molecule has 1 atom stereocenters. The van der Waals surface area contributed by atoms with E-state index in [1.54, 1.807) is 37.4 Å². The van der Waals surface area contributed by atoms with Crippen molar-refractivity contribution in [3.05, 3.63) is 63.9 Å². The summed E-state index contributed by atoms with van der Waals surface area (Å²) in [5, 5.41) is 0.843. The molecule has 122 valence electrons. The summed E-state index contributed by atoms with van der Waals surface area (Å²) < 4.78 is 18.4. The first-order chi connectivity index (χ1) is 10.9. The van der Waals surface area contributed by atoms with Gasteiger partial charge in [-0.05, 0) is 42.8 Å². The van der Waals surface area contributed by atoms with Gasteiger partial charge < -0.3 is 9.64 Å². The molecule has 2 rings (SSSR count). The summed E-state index contributed by atoms with van der Waals surface area (Å²) in [6.07, 6.45) is 0. The van der Waals surface area contributed by atoms with Crippen LogP contribution in [0.5, 0.6) is 5.75 Å². The molecule has 0 bridgehead atoms. The lowest BCUT2D eigenvalue weighted by Crippen LogP contribution is -2.33. The fraction of sp³-hybridized carbons (Fsp3) is 0.235. The second kappa shape index (κ2) is 7.66. The number of carbonyl (C=O) groups excluding carboxylic acids is 1. The Morgan fingerprint density at radius 3 is 2.48 bits per heavy atom. The van der Waals surface area contributed by atoms with Crippen molar-refractivity contribution in [3.8, 4) is 5.75 Å². The highest BCUT2D eigenvalue weighted by Crippen LogP contribution is 2.27. The summed E-state index contributed by atoms with van der Waals surface area (Å²) >= 11 is 11.8. The summed E-state index contributed by atoms with van der Waals surface area (Å²) in [5.74, 6) is -0.129. The van der Waals surface area contributed by atoms with E-state index in [9.17, 15) is 9.18 Å². The SMILES string of the molecule is CC(c1ccc(F)cc1)N(C)C(=O)COc1ccc(Cl)cc1Cl. The number of nitrogens with zero attached hydrogens (tertiary/aromatic N) is 1. The Bertz CT molecular complexity index is 691. The largest absolute Gasteiger partial charge is 0.482 e. The Kier molecular flexibility index (Phi) is 5.85. The number of likely N-dealkylation sites (N-methyl/N-ethyl adjacent to an activating group) is 1. The van der Waals surface area contributed by atoms with Crippen LogP contribution in [-0.2, 0) is 4.79 Å². The van der Waals surface area contributed by atoms with Crippen molar-refractivity contribution in [2.24, 2.45) is 0 Å². The normalized spacial score (nSPS) is 11.9. The minimum Gasteiger partial charge on any atom is -0.482 e. The quantitative estimate of drug-likeness (QED) is 0.775. The van der Waals surface area contributed by atoms with Gasteiger partial charge in [0.15, 0.2) is 6.61 Å². The Balaban J connectivity index is 1.98. The number of ether oxygens (including phenoxy) is 1. The number of benzene rings is 2. The number of carbonyl (C=O) groups is 1. The fourth-order valence-corrected chi connectivity index (χ4v) is 2.48. The van der Waals surface area contributed by atoms with Gasteiger partial charge in [-0.1, -0.05) is 35.3 Å². The number of amides is 1. The minimum absolute atomic E-state index is 0.149. The topological polar surface area (TPSA) is 29.5 Å². The van der Waals surface area contributed by atoms with Crippen LogP contribution in [0, 0.1) is 5.82 Å². The highest BCUT2D eigenvalue weighted by Gasteiger charge is 2.18. The third kappa shape index (κ3) is 4.60. The molecule has 3 nitrogen and oxygen atoms in total. The molecular weight excluding hydrogens is 340 g/mol. The molecule has 0 aliphatic heterocycles. The van der Waals surface area contributed by atoms with E-state index in [1.165, 1.54) is 17.0 Å². The van der Waals surface area contributed by atoms with E-state index in [4.69, 9.17) is 27.9 Å². The molecule has 0 aromatic heterocycles. The average Bonchev–Trinajstić information content (AvgIpc) is 2.53. The second-order valence-corrected chi connectivity index (χ2v) is 5.94. The summed E-state index contributed by atoms with van der Waals surface area (Å²) in [7, 11) is 1.67. The highest BCUT2D eigenvalue weighted by molar-refractivity contribution is 6.35. The molecule has 2 aromatic rings. The molecule has 0 fully saturated rings. The molecule has 0 saturated heterocycles. The van der Waals surface area contributed by atoms with Crippen LogP contribution < -0.4 is 4.74 Å². The van der Waals surface area contributed by atoms with Crippen molar-refractivity contribution < 1.29 is 13.9 Å². The van der Waals surface area contributed by atoms with E-state index >= 15 is 0 Å². The van der Waals surface area contributed by atoms with Gasteiger partial charge >= 0.3 is 0 Å². The van der Waals surface area contributed by atoms with E-state index < -0.39 is 0 Å². The first-order valence-electron chi connectivity index (χ1n) is 6.97. The van der Waals surface area contributed by atoms with Crippen LogP contribution in [0.1, 0.15) is 18.5 Å². The molecule has 1 unspecified atom stereocenters. The molecule has 0 aliphatic rings. The van der Waals surface area contributed by atoms with Gasteiger partial charge in [-0.3, -0.25) is 4.79 Å². The summed E-state index contributed by atoms with van der Waals surface area (Å²) in [5.41, 5.74) is 0.840. The lowest BCUT2D eigenvalue weighted by atomic mass is 10.1. The Morgan fingerprint density at radius 1 is 1.22 bits per heavy atom. The van der Waals surface area contributed by atoms with Crippen LogP contribution in [-0.4, -0.2) is 24.5 Å². The van der Waals surface area contributed by atoms with Gasteiger partial charge in [0.25, 0.3) is 5.91 Å². The molecular formula is C17H16Cl2FNO2. The van der Waals surface area contributed by atoms with Crippen LogP contribution in [0.2, 0.25) is 10.0 Å². The van der Waals surface area contributed by atoms with Crippen molar-refractivity contribution in [2.45, 2.75) is 13.0 Å². The Labute approximate surface area is 144 Å². The maximum atomic E-state index is 13.0. The van der Waals surface area contributed by atoms with Gasteiger partial charge in [0, 0.05) is 12.1 Å². The molecule has 2 aromatic carbocycles. The zero-order valence-electron chi connectivity index (χ0n) is 12.7. The van der Waals surface area contributed by atoms with Gasteiger partial charge in [0.1, 0.15) is 11.6 Å². The number of halogens is 3. The minimum atomic E-state index is -0.310. The number of hydrogen-bond acceptors (Lipinski definition) is 2. The predicted octanol–water partition coefficient (Wildman–Crippen LogP) is 4.73. The molecule has 0 N–H and O–H groups in total. The summed E-state index contributed by atoms with van der Waals surface area (Å²) in [6.45, 7) is 1.71. The van der Waals surface area contributed by atoms with Gasteiger partial charge in [-0.2, -0.15) is 0 Å². The van der Waals surface area contributed by atoms with Gasteiger partial charge in [-0.25, -0.2) is 4.39 Å². The molecule has 0 heterocycles. The van der Waals surface area contributed by atoms with E-state index in [1.807, 2.05) is 6.92 Å². The number of rotatable bonds is 5. The van der Waals surface area contributed by atoms with Gasteiger partial charge in [-0.15, -0.1) is 0 Å². The van der Waals surface area contributed by atoms with E-state index in [-0.39, 0.29) is 24.4 Å². The zero-order valence-corrected chi connectivity index (χ0v) is 14.2. The van der Waals surface area contributed by atoms with E-state index in [0.29, 0.717) is 15.8 Å². The molecule has 6 heteroatoms. The van der Waals surface area contributed by atoms with Crippen molar-refractivity contribution in [3.63, 3.8) is 0 Å². The third-order valence-electron chi connectivity index (χ3n) is 3.57. The smallest absolute Gasteiger partial charge is 0.260 e. The van der Waals surface area contributed by atoms with Crippen LogP contribution in [0.15, 0.2) is 42.5 Å². The van der Waals surface area contributed by atoms with Gasteiger partial charge in [0.05, 0.1) is 11.1 Å². The van der Waals surface area contributed by atoms with Crippen molar-refractivity contribution in [1.29, 1.82) is 0 Å². The molecule has 0 spiro atoms. The summed E-state index contributed by atoms with van der Waals surface area (Å²) in [6, 6.07) is 10.6. The van der Waals surface area contributed by atoms with Crippen molar-refractivity contribution >= 4 is 29.1 Å². The monoisotopic (exact) mass is 355 g/mol. The van der Waals surface area contributed by atoms with Crippen molar-refractivity contribution in [1.82, 2.24) is 4.90 Å². The Morgan fingerprint density at radius 2 is 1.87 bits per heavy atom. The van der Waals surface area contributed by atoms with Crippen LogP contribution in [0.4, 0.5) is 4.39 Å².